The van der Waals surface area contributed by atoms with Crippen LogP contribution in [0.2, 0.25) is 0 Å². The minimum absolute atomic E-state index is 0.00680. The summed E-state index contributed by atoms with van der Waals surface area (Å²) in [5.41, 5.74) is 10.3. The molecule has 0 aromatic heterocycles. The zero-order valence-corrected chi connectivity index (χ0v) is 22.7. The molecular formula is C30H32N4O5S. The number of piperazine rings is 1. The number of rotatable bonds is 8. The van der Waals surface area contributed by atoms with E-state index in [0.29, 0.717) is 30.5 Å². The number of aldehydes is 1. The highest BCUT2D eigenvalue weighted by molar-refractivity contribution is 7.92. The third-order valence-corrected chi connectivity index (χ3v) is 9.69. The molecule has 0 bridgehead atoms. The highest BCUT2D eigenvalue weighted by Gasteiger charge is 2.38. The van der Waals surface area contributed by atoms with Crippen molar-refractivity contribution in [2.75, 3.05) is 13.1 Å². The first-order valence-corrected chi connectivity index (χ1v) is 14.9. The van der Waals surface area contributed by atoms with E-state index in [4.69, 9.17) is 5.73 Å². The van der Waals surface area contributed by atoms with Gasteiger partial charge in [0.1, 0.15) is 11.7 Å². The molecule has 0 radical (unpaired) electrons. The average molecular weight is 561 g/mol. The number of nitrogens with one attached hydrogen (secondary N) is 3. The molecule has 1 fully saturated rings. The van der Waals surface area contributed by atoms with Gasteiger partial charge in [-0.2, -0.15) is 0 Å². The van der Waals surface area contributed by atoms with Gasteiger partial charge < -0.3 is 16.4 Å². The van der Waals surface area contributed by atoms with Gasteiger partial charge in [0.05, 0.1) is 10.9 Å². The van der Waals surface area contributed by atoms with Gasteiger partial charge in [-0.05, 0) is 65.8 Å². The predicted molar refractivity (Wildman–Crippen MR) is 151 cm³/mol. The Balaban J connectivity index is 1.30. The summed E-state index contributed by atoms with van der Waals surface area (Å²) < 4.78 is 26.8. The molecule has 3 atom stereocenters. The molecule has 9 nitrogen and oxygen atoms in total. The summed E-state index contributed by atoms with van der Waals surface area (Å²) in [5.74, 6) is -0.704. The SMILES string of the molecule is NC(=O)c1cccc(-c2ccc3c(c2)CCC[C@H]3NC(=O)CC2NCCNC2S(=O)(=O)c2ccc(C=O)cc2)c1. The standard InChI is InChI=1S/C30H32N4O5S/c31-29(37)23-5-1-3-20(16-23)21-9-12-25-22(15-21)4-2-6-26(25)34-28(36)17-27-30(33-14-13-32-27)40(38,39)24-10-7-19(18-35)8-11-24/h1,3,5,7-12,15-16,18,26-27,30,32-33H,2,4,6,13-14,17H2,(H2,31,37)(H,34,36)/t26-,27?,30?/m1/s1. The molecule has 5 rings (SSSR count). The van der Waals surface area contributed by atoms with Crippen molar-refractivity contribution >= 4 is 27.9 Å². The van der Waals surface area contributed by atoms with Gasteiger partial charge in [0, 0.05) is 36.7 Å². The van der Waals surface area contributed by atoms with Crippen molar-refractivity contribution in [3.8, 4) is 11.1 Å². The van der Waals surface area contributed by atoms with E-state index in [9.17, 15) is 22.8 Å². The summed E-state index contributed by atoms with van der Waals surface area (Å²) >= 11 is 0. The van der Waals surface area contributed by atoms with Crippen LogP contribution in [0.1, 0.15) is 57.1 Å². The Morgan fingerprint density at radius 1 is 0.975 bits per heavy atom. The molecule has 1 saturated heterocycles. The van der Waals surface area contributed by atoms with Crippen LogP contribution in [0, 0.1) is 0 Å². The molecule has 1 heterocycles. The molecule has 0 spiro atoms. The first-order valence-electron chi connectivity index (χ1n) is 13.3. The Kier molecular flexibility index (Phi) is 8.11. The number of benzene rings is 3. The van der Waals surface area contributed by atoms with Crippen LogP contribution in [0.3, 0.4) is 0 Å². The fraction of sp³-hybridized carbons (Fsp3) is 0.300. The molecular weight excluding hydrogens is 528 g/mol. The zero-order valence-electron chi connectivity index (χ0n) is 21.9. The maximum atomic E-state index is 13.4. The molecule has 1 aliphatic heterocycles. The first-order chi connectivity index (χ1) is 19.3. The van der Waals surface area contributed by atoms with E-state index in [1.54, 1.807) is 18.2 Å². The third kappa shape index (κ3) is 5.84. The van der Waals surface area contributed by atoms with Gasteiger partial charge in [-0.3, -0.25) is 19.7 Å². The van der Waals surface area contributed by atoms with Crippen LogP contribution in [0.25, 0.3) is 11.1 Å². The van der Waals surface area contributed by atoms with E-state index in [1.165, 1.54) is 24.3 Å². The van der Waals surface area contributed by atoms with Crippen LogP contribution in [0.4, 0.5) is 0 Å². The van der Waals surface area contributed by atoms with Gasteiger partial charge in [0.15, 0.2) is 9.84 Å². The Bertz CT molecular complexity index is 1540. The lowest BCUT2D eigenvalue weighted by Crippen LogP contribution is -2.60. The van der Waals surface area contributed by atoms with Crippen molar-refractivity contribution in [3.63, 3.8) is 0 Å². The first kappa shape index (κ1) is 27.7. The average Bonchev–Trinajstić information content (AvgIpc) is 2.97. The smallest absolute Gasteiger partial charge is 0.248 e. The van der Waals surface area contributed by atoms with Gasteiger partial charge >= 0.3 is 0 Å². The molecule has 2 unspecified atom stereocenters. The number of primary amides is 1. The molecule has 0 saturated carbocycles. The fourth-order valence-corrected chi connectivity index (χ4v) is 7.33. The maximum absolute atomic E-state index is 13.4. The number of nitrogens with two attached hydrogens (primary N) is 1. The van der Waals surface area contributed by atoms with E-state index in [0.717, 1.165) is 41.5 Å². The third-order valence-electron chi connectivity index (χ3n) is 7.60. The Morgan fingerprint density at radius 3 is 2.48 bits per heavy atom. The van der Waals surface area contributed by atoms with Gasteiger partial charge in [-0.25, -0.2) is 8.42 Å². The minimum atomic E-state index is -3.80. The number of carbonyl (C=O) groups excluding carboxylic acids is 3. The fourth-order valence-electron chi connectivity index (χ4n) is 5.56. The van der Waals surface area contributed by atoms with Crippen molar-refractivity contribution in [2.24, 2.45) is 5.73 Å². The molecule has 3 aromatic carbocycles. The minimum Gasteiger partial charge on any atom is -0.366 e. The Morgan fingerprint density at radius 2 is 1.73 bits per heavy atom. The molecule has 5 N–H and O–H groups in total. The van der Waals surface area contributed by atoms with Crippen LogP contribution in [-0.2, 0) is 21.1 Å². The number of aryl methyl sites for hydroxylation is 1. The summed E-state index contributed by atoms with van der Waals surface area (Å²) in [6.07, 6.45) is 3.22. The Labute approximate surface area is 233 Å². The number of amides is 2. The van der Waals surface area contributed by atoms with Gasteiger partial charge in [-0.1, -0.05) is 42.5 Å². The van der Waals surface area contributed by atoms with Gasteiger partial charge in [0.25, 0.3) is 0 Å². The number of hydrogen-bond donors (Lipinski definition) is 4. The largest absolute Gasteiger partial charge is 0.366 e. The van der Waals surface area contributed by atoms with Crippen LogP contribution >= 0.6 is 0 Å². The number of fused-ring (bicyclic) bond motifs is 1. The van der Waals surface area contributed by atoms with Crippen molar-refractivity contribution in [3.05, 3.63) is 89.0 Å². The summed E-state index contributed by atoms with van der Waals surface area (Å²) in [4.78, 5) is 35.9. The second-order valence-corrected chi connectivity index (χ2v) is 12.3. The van der Waals surface area contributed by atoms with Crippen molar-refractivity contribution in [1.29, 1.82) is 0 Å². The van der Waals surface area contributed by atoms with Gasteiger partial charge in [-0.15, -0.1) is 0 Å². The zero-order chi connectivity index (χ0) is 28.3. The van der Waals surface area contributed by atoms with Crippen molar-refractivity contribution in [2.45, 2.75) is 48.0 Å². The van der Waals surface area contributed by atoms with E-state index >= 15 is 0 Å². The summed E-state index contributed by atoms with van der Waals surface area (Å²) in [5, 5.41) is 8.42. The molecule has 10 heteroatoms. The maximum Gasteiger partial charge on any atom is 0.248 e. The monoisotopic (exact) mass is 560 g/mol. The molecule has 208 valence electrons. The quantitative estimate of drug-likeness (QED) is 0.310. The number of carbonyl (C=O) groups is 3. The molecule has 3 aromatic rings. The van der Waals surface area contributed by atoms with Crippen LogP contribution in [0.5, 0.6) is 0 Å². The van der Waals surface area contributed by atoms with Crippen molar-refractivity contribution < 1.29 is 22.8 Å². The molecule has 40 heavy (non-hydrogen) atoms. The number of hydrogen-bond acceptors (Lipinski definition) is 7. The van der Waals surface area contributed by atoms with E-state index in [2.05, 4.69) is 22.0 Å². The van der Waals surface area contributed by atoms with E-state index in [1.807, 2.05) is 18.2 Å². The molecule has 1 aliphatic carbocycles. The van der Waals surface area contributed by atoms with Crippen molar-refractivity contribution in [1.82, 2.24) is 16.0 Å². The summed E-state index contributed by atoms with van der Waals surface area (Å²) in [6, 6.07) is 18.3. The van der Waals surface area contributed by atoms with E-state index in [-0.39, 0.29) is 23.3 Å². The molecule has 2 amide bonds. The van der Waals surface area contributed by atoms with Crippen LogP contribution in [0.15, 0.2) is 71.6 Å². The topological polar surface area (TPSA) is 147 Å². The number of sulfone groups is 1. The second kappa shape index (κ2) is 11.7. The lowest BCUT2D eigenvalue weighted by Gasteiger charge is -2.34. The van der Waals surface area contributed by atoms with Crippen LogP contribution < -0.4 is 21.7 Å². The lowest BCUT2D eigenvalue weighted by molar-refractivity contribution is -0.122. The predicted octanol–water partition coefficient (Wildman–Crippen LogP) is 2.51. The summed E-state index contributed by atoms with van der Waals surface area (Å²) in [7, 11) is -3.80. The summed E-state index contributed by atoms with van der Waals surface area (Å²) in [6.45, 7) is 0.995. The Hall–Kier alpha value is -3.86. The second-order valence-electron chi connectivity index (χ2n) is 10.2. The highest BCUT2D eigenvalue weighted by Crippen LogP contribution is 2.33. The highest BCUT2D eigenvalue weighted by atomic mass is 32.2. The lowest BCUT2D eigenvalue weighted by atomic mass is 9.85. The normalized spacial score (nSPS) is 20.8. The van der Waals surface area contributed by atoms with Gasteiger partial charge in [0.2, 0.25) is 11.8 Å². The molecule has 2 aliphatic rings. The van der Waals surface area contributed by atoms with Crippen LogP contribution in [-0.4, -0.2) is 51.0 Å². The van der Waals surface area contributed by atoms with E-state index < -0.39 is 27.2 Å².